The molecule has 0 saturated heterocycles. The van der Waals surface area contributed by atoms with Crippen LogP contribution in [0.1, 0.15) is 25.7 Å². The molecule has 0 bridgehead atoms. The molecule has 2 nitrogen and oxygen atoms in total. The van der Waals surface area contributed by atoms with E-state index in [2.05, 4.69) is 10.8 Å². The summed E-state index contributed by atoms with van der Waals surface area (Å²) in [6.07, 6.45) is 9.90. The second-order valence-electron chi connectivity index (χ2n) is 3.30. The smallest absolute Gasteiger partial charge is 0.0558 e. The minimum Gasteiger partial charge on any atom is -0.395 e. The number of aliphatic hydroxyl groups excluding tert-OH is 1. The average molecular weight is 167 g/mol. The van der Waals surface area contributed by atoms with Gasteiger partial charge in [-0.15, -0.1) is 12.3 Å². The lowest BCUT2D eigenvalue weighted by Crippen LogP contribution is -2.42. The van der Waals surface area contributed by atoms with Crippen LogP contribution in [0.15, 0.2) is 0 Å². The van der Waals surface area contributed by atoms with Crippen molar-refractivity contribution in [2.75, 3.05) is 19.7 Å². The van der Waals surface area contributed by atoms with Crippen molar-refractivity contribution in [2.24, 2.45) is 0 Å². The third-order valence-electron chi connectivity index (χ3n) is 2.52. The maximum absolute atomic E-state index is 8.81. The van der Waals surface area contributed by atoms with Crippen LogP contribution < -0.4 is 0 Å². The summed E-state index contributed by atoms with van der Waals surface area (Å²) in [6.45, 7) is 1.98. The lowest BCUT2D eigenvalue weighted by atomic mass is 9.91. The fraction of sp³-hybridized carbons (Fsp3) is 0.800. The monoisotopic (exact) mass is 167 g/mol. The van der Waals surface area contributed by atoms with Crippen molar-refractivity contribution in [2.45, 2.75) is 31.7 Å². The van der Waals surface area contributed by atoms with E-state index in [1.54, 1.807) is 0 Å². The predicted octanol–water partition coefficient (Wildman–Crippen LogP) is 0.856. The molecule has 1 rings (SSSR count). The maximum Gasteiger partial charge on any atom is 0.0558 e. The number of terminal acetylenes is 1. The molecular formula is C10H17NO. The molecular weight excluding hydrogens is 150 g/mol. The van der Waals surface area contributed by atoms with Gasteiger partial charge < -0.3 is 5.11 Å². The Labute approximate surface area is 74.6 Å². The number of nitrogens with zero attached hydrogens (tertiary/aromatic N) is 1. The van der Waals surface area contributed by atoms with Crippen LogP contribution in [0.25, 0.3) is 0 Å². The summed E-state index contributed by atoms with van der Waals surface area (Å²) in [4.78, 5) is 2.31. The number of hydrogen-bond donors (Lipinski definition) is 1. The van der Waals surface area contributed by atoms with E-state index in [9.17, 15) is 0 Å². The summed E-state index contributed by atoms with van der Waals surface area (Å²) < 4.78 is 0. The highest BCUT2D eigenvalue weighted by Crippen LogP contribution is 2.24. The van der Waals surface area contributed by atoms with E-state index in [1.165, 1.54) is 19.3 Å². The topological polar surface area (TPSA) is 23.5 Å². The van der Waals surface area contributed by atoms with Gasteiger partial charge in [-0.2, -0.15) is 0 Å². The Kier molecular flexibility index (Phi) is 4.13. The van der Waals surface area contributed by atoms with E-state index in [1.807, 2.05) is 0 Å². The molecule has 0 radical (unpaired) electrons. The summed E-state index contributed by atoms with van der Waals surface area (Å²) in [7, 11) is 0. The molecule has 0 aromatic heterocycles. The second-order valence-corrected chi connectivity index (χ2v) is 3.30. The quantitative estimate of drug-likeness (QED) is 0.614. The number of hydrogen-bond acceptors (Lipinski definition) is 2. The molecule has 1 N–H and O–H groups in total. The lowest BCUT2D eigenvalue weighted by Gasteiger charge is -2.36. The third-order valence-corrected chi connectivity index (χ3v) is 2.52. The molecule has 2 heteroatoms. The van der Waals surface area contributed by atoms with Crippen LogP contribution in [0.5, 0.6) is 0 Å². The summed E-state index contributed by atoms with van der Waals surface area (Å²) in [5.74, 6) is 2.64. The molecule has 1 fully saturated rings. The Morgan fingerprint density at radius 3 is 2.58 bits per heavy atom. The highest BCUT2D eigenvalue weighted by Gasteiger charge is 2.23. The zero-order chi connectivity index (χ0) is 8.81. The molecule has 68 valence electrons. The van der Waals surface area contributed by atoms with Crippen LogP contribution in [0.3, 0.4) is 0 Å². The molecule has 0 spiro atoms. The van der Waals surface area contributed by atoms with Gasteiger partial charge in [0.1, 0.15) is 0 Å². The number of rotatable bonds is 5. The summed E-state index contributed by atoms with van der Waals surface area (Å²) in [5, 5.41) is 8.81. The molecule has 0 aromatic carbocycles. The minimum absolute atomic E-state index is 0.251. The van der Waals surface area contributed by atoms with Gasteiger partial charge in [-0.25, -0.2) is 0 Å². The van der Waals surface area contributed by atoms with Crippen molar-refractivity contribution in [3.63, 3.8) is 0 Å². The van der Waals surface area contributed by atoms with E-state index in [4.69, 9.17) is 11.5 Å². The Hall–Kier alpha value is -0.520. The fourth-order valence-electron chi connectivity index (χ4n) is 1.57. The van der Waals surface area contributed by atoms with Gasteiger partial charge in [0.2, 0.25) is 0 Å². The predicted molar refractivity (Wildman–Crippen MR) is 49.7 cm³/mol. The largest absolute Gasteiger partial charge is 0.395 e. The SMILES string of the molecule is C#CCCN(CCO)C1CCC1. The third kappa shape index (κ3) is 2.51. The van der Waals surface area contributed by atoms with Gasteiger partial charge in [-0.05, 0) is 12.8 Å². The summed E-state index contributed by atoms with van der Waals surface area (Å²) in [6, 6.07) is 0.700. The van der Waals surface area contributed by atoms with Crippen molar-refractivity contribution in [1.82, 2.24) is 4.90 Å². The molecule has 0 atom stereocenters. The molecule has 0 aliphatic heterocycles. The molecule has 1 saturated carbocycles. The maximum atomic E-state index is 8.81. The molecule has 1 aliphatic rings. The first-order chi connectivity index (χ1) is 5.88. The Bertz CT molecular complexity index is 158. The zero-order valence-electron chi connectivity index (χ0n) is 7.50. The Balaban J connectivity index is 2.22. The summed E-state index contributed by atoms with van der Waals surface area (Å²) in [5.41, 5.74) is 0. The highest BCUT2D eigenvalue weighted by molar-refractivity contribution is 4.87. The van der Waals surface area contributed by atoms with Gasteiger partial charge in [-0.3, -0.25) is 4.90 Å². The van der Waals surface area contributed by atoms with Crippen molar-refractivity contribution in [1.29, 1.82) is 0 Å². The first-order valence-electron chi connectivity index (χ1n) is 4.67. The van der Waals surface area contributed by atoms with Gasteiger partial charge in [0.25, 0.3) is 0 Å². The van der Waals surface area contributed by atoms with E-state index >= 15 is 0 Å². The zero-order valence-corrected chi connectivity index (χ0v) is 7.50. The van der Waals surface area contributed by atoms with Crippen LogP contribution in [0.2, 0.25) is 0 Å². The standard InChI is InChI=1S/C10H17NO/c1-2-3-7-11(8-9-12)10-5-4-6-10/h1,10,12H,3-9H2. The van der Waals surface area contributed by atoms with E-state index in [0.717, 1.165) is 19.5 Å². The fourth-order valence-corrected chi connectivity index (χ4v) is 1.57. The van der Waals surface area contributed by atoms with Crippen LogP contribution in [-0.2, 0) is 0 Å². The average Bonchev–Trinajstić information content (AvgIpc) is 1.97. The van der Waals surface area contributed by atoms with Crippen LogP contribution in [-0.4, -0.2) is 35.7 Å². The van der Waals surface area contributed by atoms with E-state index in [-0.39, 0.29) is 6.61 Å². The van der Waals surface area contributed by atoms with Gasteiger partial charge in [0.15, 0.2) is 0 Å². The molecule has 12 heavy (non-hydrogen) atoms. The van der Waals surface area contributed by atoms with Crippen LogP contribution in [0.4, 0.5) is 0 Å². The molecule has 0 heterocycles. The van der Waals surface area contributed by atoms with Crippen molar-refractivity contribution >= 4 is 0 Å². The lowest BCUT2D eigenvalue weighted by molar-refractivity contribution is 0.104. The van der Waals surface area contributed by atoms with Crippen molar-refractivity contribution < 1.29 is 5.11 Å². The Morgan fingerprint density at radius 2 is 2.17 bits per heavy atom. The highest BCUT2D eigenvalue weighted by atomic mass is 16.3. The van der Waals surface area contributed by atoms with Crippen LogP contribution in [0, 0.1) is 12.3 Å². The first-order valence-corrected chi connectivity index (χ1v) is 4.67. The minimum atomic E-state index is 0.251. The molecule has 0 aromatic rings. The molecule has 0 amide bonds. The van der Waals surface area contributed by atoms with Crippen molar-refractivity contribution in [3.8, 4) is 12.3 Å². The van der Waals surface area contributed by atoms with Crippen LogP contribution >= 0.6 is 0 Å². The van der Waals surface area contributed by atoms with Gasteiger partial charge >= 0.3 is 0 Å². The first kappa shape index (κ1) is 9.57. The van der Waals surface area contributed by atoms with Gasteiger partial charge in [0, 0.05) is 25.6 Å². The Morgan fingerprint density at radius 1 is 1.42 bits per heavy atom. The van der Waals surface area contributed by atoms with E-state index < -0.39 is 0 Å². The van der Waals surface area contributed by atoms with Crippen molar-refractivity contribution in [3.05, 3.63) is 0 Å². The normalized spacial score (nSPS) is 17.4. The van der Waals surface area contributed by atoms with E-state index in [0.29, 0.717) is 6.04 Å². The van der Waals surface area contributed by atoms with Gasteiger partial charge in [0.05, 0.1) is 6.61 Å². The molecule has 1 aliphatic carbocycles. The number of aliphatic hydroxyl groups is 1. The second kappa shape index (κ2) is 5.18. The molecule has 0 unspecified atom stereocenters. The summed E-state index contributed by atoms with van der Waals surface area (Å²) >= 11 is 0. The van der Waals surface area contributed by atoms with Gasteiger partial charge in [-0.1, -0.05) is 6.42 Å².